The van der Waals surface area contributed by atoms with Crippen molar-refractivity contribution in [2.45, 2.75) is 19.8 Å². The molecule has 0 aliphatic carbocycles. The van der Waals surface area contributed by atoms with Gasteiger partial charge < -0.3 is 5.11 Å². The van der Waals surface area contributed by atoms with E-state index >= 15 is 0 Å². The molecule has 0 aliphatic rings. The Balaban J connectivity index is 2.88. The normalized spacial score (nSPS) is 11.2. The van der Waals surface area contributed by atoms with E-state index < -0.39 is 5.82 Å². The highest BCUT2D eigenvalue weighted by Gasteiger charge is 2.12. The first-order chi connectivity index (χ1) is 7.11. The van der Waals surface area contributed by atoms with Crippen LogP contribution in [-0.4, -0.2) is 5.11 Å². The fourth-order valence-electron chi connectivity index (χ4n) is 1.83. The number of rotatable bonds is 1. The summed E-state index contributed by atoms with van der Waals surface area (Å²) >= 11 is 0. The molecule has 2 aromatic rings. The molecule has 0 heterocycles. The first-order valence-corrected chi connectivity index (χ1v) is 5.01. The van der Waals surface area contributed by atoms with Gasteiger partial charge in [-0.25, -0.2) is 4.39 Å². The van der Waals surface area contributed by atoms with Crippen LogP contribution in [0.3, 0.4) is 0 Å². The van der Waals surface area contributed by atoms with E-state index in [1.54, 1.807) is 12.1 Å². The van der Waals surface area contributed by atoms with Crippen LogP contribution in [0.2, 0.25) is 0 Å². The van der Waals surface area contributed by atoms with Gasteiger partial charge in [-0.2, -0.15) is 0 Å². The number of phenols is 1. The quantitative estimate of drug-likeness (QED) is 0.748. The van der Waals surface area contributed by atoms with Crippen LogP contribution in [-0.2, 0) is 0 Å². The van der Waals surface area contributed by atoms with Gasteiger partial charge in [0.15, 0.2) is 11.6 Å². The molecule has 0 spiro atoms. The fraction of sp³-hybridized carbons (Fsp3) is 0.231. The summed E-state index contributed by atoms with van der Waals surface area (Å²) in [5.74, 6) is -0.534. The Morgan fingerprint density at radius 3 is 2.33 bits per heavy atom. The van der Waals surface area contributed by atoms with E-state index in [2.05, 4.69) is 0 Å². The molecule has 0 atom stereocenters. The predicted molar refractivity (Wildman–Crippen MR) is 59.7 cm³/mol. The van der Waals surface area contributed by atoms with Gasteiger partial charge in [0.05, 0.1) is 0 Å². The lowest BCUT2D eigenvalue weighted by Gasteiger charge is -2.11. The van der Waals surface area contributed by atoms with Crippen LogP contribution >= 0.6 is 0 Å². The Kier molecular flexibility index (Phi) is 2.35. The summed E-state index contributed by atoms with van der Waals surface area (Å²) in [6, 6.07) is 8.74. The lowest BCUT2D eigenvalue weighted by molar-refractivity contribution is 0.435. The van der Waals surface area contributed by atoms with Gasteiger partial charge in [0.2, 0.25) is 0 Å². The van der Waals surface area contributed by atoms with Gasteiger partial charge >= 0.3 is 0 Å². The number of benzene rings is 2. The molecule has 15 heavy (non-hydrogen) atoms. The molecule has 2 heteroatoms. The number of aromatic hydroxyl groups is 1. The Bertz CT molecular complexity index is 503. The number of hydrogen-bond donors (Lipinski definition) is 1. The first kappa shape index (κ1) is 9.97. The van der Waals surface area contributed by atoms with Crippen LogP contribution in [0.25, 0.3) is 10.8 Å². The molecule has 0 saturated carbocycles. The van der Waals surface area contributed by atoms with E-state index in [0.29, 0.717) is 5.39 Å². The van der Waals surface area contributed by atoms with Crippen molar-refractivity contribution in [2.75, 3.05) is 0 Å². The summed E-state index contributed by atoms with van der Waals surface area (Å²) in [6.07, 6.45) is 0. The number of halogens is 1. The first-order valence-electron chi connectivity index (χ1n) is 5.01. The summed E-state index contributed by atoms with van der Waals surface area (Å²) in [4.78, 5) is 0. The SMILES string of the molecule is CC(C)c1cc(O)c(F)c2ccccc12. The Morgan fingerprint density at radius 2 is 1.73 bits per heavy atom. The minimum atomic E-state index is -0.532. The monoisotopic (exact) mass is 204 g/mol. The van der Waals surface area contributed by atoms with Crippen LogP contribution in [0.1, 0.15) is 25.3 Å². The van der Waals surface area contributed by atoms with Crippen LogP contribution < -0.4 is 0 Å². The summed E-state index contributed by atoms with van der Waals surface area (Å²) in [5, 5.41) is 10.8. The van der Waals surface area contributed by atoms with E-state index in [1.807, 2.05) is 26.0 Å². The molecular weight excluding hydrogens is 191 g/mol. The van der Waals surface area contributed by atoms with Crippen LogP contribution in [0.15, 0.2) is 30.3 Å². The molecule has 78 valence electrons. The molecular formula is C13H13FO. The van der Waals surface area contributed by atoms with Crippen molar-refractivity contribution in [1.29, 1.82) is 0 Å². The standard InChI is InChI=1S/C13H13FO/c1-8(2)11-7-12(15)13(14)10-6-4-3-5-9(10)11/h3-8,15H,1-2H3. The molecule has 1 nitrogen and oxygen atoms in total. The lowest BCUT2D eigenvalue weighted by atomic mass is 9.95. The molecule has 1 N–H and O–H groups in total. The second-order valence-corrected chi connectivity index (χ2v) is 4.00. The van der Waals surface area contributed by atoms with Gasteiger partial charge in [0, 0.05) is 5.39 Å². The van der Waals surface area contributed by atoms with Crippen molar-refractivity contribution < 1.29 is 9.50 Å². The van der Waals surface area contributed by atoms with Gasteiger partial charge in [0.25, 0.3) is 0 Å². The maximum Gasteiger partial charge on any atom is 0.172 e. The highest BCUT2D eigenvalue weighted by molar-refractivity contribution is 5.88. The fourth-order valence-corrected chi connectivity index (χ4v) is 1.83. The molecule has 0 unspecified atom stereocenters. The predicted octanol–water partition coefficient (Wildman–Crippen LogP) is 3.81. The smallest absolute Gasteiger partial charge is 0.172 e. The highest BCUT2D eigenvalue weighted by atomic mass is 19.1. The molecule has 0 saturated heterocycles. The summed E-state index contributed by atoms with van der Waals surface area (Å²) in [6.45, 7) is 4.05. The molecule has 0 fully saturated rings. The third kappa shape index (κ3) is 1.56. The van der Waals surface area contributed by atoms with E-state index in [-0.39, 0.29) is 11.7 Å². The third-order valence-corrected chi connectivity index (χ3v) is 2.61. The van der Waals surface area contributed by atoms with Gasteiger partial charge in [-0.15, -0.1) is 0 Å². The number of phenolic OH excluding ortho intramolecular Hbond substituents is 1. The van der Waals surface area contributed by atoms with E-state index in [4.69, 9.17) is 0 Å². The molecule has 0 amide bonds. The minimum absolute atomic E-state index is 0.265. The summed E-state index contributed by atoms with van der Waals surface area (Å²) < 4.78 is 13.6. The molecule has 0 bridgehead atoms. The van der Waals surface area contributed by atoms with Crippen molar-refractivity contribution in [2.24, 2.45) is 0 Å². The van der Waals surface area contributed by atoms with Crippen LogP contribution in [0, 0.1) is 5.82 Å². The Morgan fingerprint density at radius 1 is 1.13 bits per heavy atom. The number of hydrogen-bond acceptors (Lipinski definition) is 1. The van der Waals surface area contributed by atoms with E-state index in [9.17, 15) is 9.50 Å². The maximum atomic E-state index is 13.6. The maximum absolute atomic E-state index is 13.6. The molecule has 2 aromatic carbocycles. The average Bonchev–Trinajstić information content (AvgIpc) is 2.23. The zero-order valence-corrected chi connectivity index (χ0v) is 8.79. The average molecular weight is 204 g/mol. The van der Waals surface area contributed by atoms with E-state index in [0.717, 1.165) is 10.9 Å². The lowest BCUT2D eigenvalue weighted by Crippen LogP contribution is -1.92. The van der Waals surface area contributed by atoms with Crippen molar-refractivity contribution in [1.82, 2.24) is 0 Å². The van der Waals surface area contributed by atoms with E-state index in [1.165, 1.54) is 6.07 Å². The zero-order chi connectivity index (χ0) is 11.0. The minimum Gasteiger partial charge on any atom is -0.505 e. The molecule has 0 radical (unpaired) electrons. The largest absolute Gasteiger partial charge is 0.505 e. The van der Waals surface area contributed by atoms with Crippen molar-refractivity contribution in [3.05, 3.63) is 41.7 Å². The van der Waals surface area contributed by atoms with Crippen molar-refractivity contribution in [3.63, 3.8) is 0 Å². The number of fused-ring (bicyclic) bond motifs is 1. The van der Waals surface area contributed by atoms with Crippen molar-refractivity contribution >= 4 is 10.8 Å². The topological polar surface area (TPSA) is 20.2 Å². The Hall–Kier alpha value is -1.57. The van der Waals surface area contributed by atoms with Crippen LogP contribution in [0.5, 0.6) is 5.75 Å². The molecule has 0 aliphatic heterocycles. The van der Waals surface area contributed by atoms with Gasteiger partial charge in [-0.05, 0) is 22.9 Å². The molecule has 0 aromatic heterocycles. The summed E-state index contributed by atoms with van der Waals surface area (Å²) in [7, 11) is 0. The van der Waals surface area contributed by atoms with Crippen molar-refractivity contribution in [3.8, 4) is 5.75 Å². The van der Waals surface area contributed by atoms with Gasteiger partial charge in [-0.1, -0.05) is 38.1 Å². The van der Waals surface area contributed by atoms with Gasteiger partial charge in [0.1, 0.15) is 0 Å². The summed E-state index contributed by atoms with van der Waals surface area (Å²) in [5.41, 5.74) is 0.976. The Labute approximate surface area is 88.2 Å². The molecule has 2 rings (SSSR count). The van der Waals surface area contributed by atoms with Gasteiger partial charge in [-0.3, -0.25) is 0 Å². The second-order valence-electron chi connectivity index (χ2n) is 4.00. The third-order valence-electron chi connectivity index (χ3n) is 2.61. The van der Waals surface area contributed by atoms with Crippen LogP contribution in [0.4, 0.5) is 4.39 Å². The highest BCUT2D eigenvalue weighted by Crippen LogP contribution is 2.32. The second kappa shape index (κ2) is 3.54. The zero-order valence-electron chi connectivity index (χ0n) is 8.79.